The van der Waals surface area contributed by atoms with Crippen molar-refractivity contribution < 1.29 is 19.4 Å². The predicted molar refractivity (Wildman–Crippen MR) is 115 cm³/mol. The second kappa shape index (κ2) is 7.58. The van der Waals surface area contributed by atoms with Crippen LogP contribution in [0.2, 0.25) is 0 Å². The number of aryl methyl sites for hydroxylation is 1. The van der Waals surface area contributed by atoms with Gasteiger partial charge in [0, 0.05) is 0 Å². The topological polar surface area (TPSA) is 169 Å². The van der Waals surface area contributed by atoms with Gasteiger partial charge in [-0.05, 0) is 25.5 Å². The van der Waals surface area contributed by atoms with Gasteiger partial charge >= 0.3 is 17.3 Å². The summed E-state index contributed by atoms with van der Waals surface area (Å²) < 4.78 is 6.63. The highest BCUT2D eigenvalue weighted by Gasteiger charge is 2.29. The minimum absolute atomic E-state index is 0.00211. The molecule has 0 unspecified atom stereocenters. The normalized spacial score (nSPS) is 11.1. The molecule has 0 bridgehead atoms. The van der Waals surface area contributed by atoms with Crippen LogP contribution in [0.5, 0.6) is 0 Å². The number of hydrogen-bond acceptors (Lipinski definition) is 9. The first-order chi connectivity index (χ1) is 15.2. The van der Waals surface area contributed by atoms with Crippen LogP contribution < -0.4 is 5.73 Å². The van der Waals surface area contributed by atoms with Crippen LogP contribution in [0.15, 0.2) is 36.4 Å². The van der Waals surface area contributed by atoms with Gasteiger partial charge < -0.3 is 10.5 Å². The van der Waals surface area contributed by atoms with E-state index in [9.17, 15) is 25.0 Å². The number of nitro benzene ring substituents is 2. The molecule has 0 atom stereocenters. The summed E-state index contributed by atoms with van der Waals surface area (Å²) in [6, 6.07) is 9.15. The molecule has 2 aromatic carbocycles. The molecule has 2 aromatic heterocycles. The standard InChI is InChI=1S/C20H16N6O6/c1-3-32-20(27)16-17-19(24(18(16)21)13-7-5-4-6-10(13)2)23-12-9-15(26(30)31)14(25(28)29)8-11(12)22-17/h4-9H,3,21H2,1-2H3. The van der Waals surface area contributed by atoms with Crippen molar-refractivity contribution >= 4 is 45.4 Å². The van der Waals surface area contributed by atoms with E-state index in [2.05, 4.69) is 9.97 Å². The molecule has 0 amide bonds. The molecule has 2 heterocycles. The molecule has 4 rings (SSSR count). The van der Waals surface area contributed by atoms with E-state index in [0.717, 1.165) is 17.7 Å². The molecule has 32 heavy (non-hydrogen) atoms. The van der Waals surface area contributed by atoms with Crippen LogP contribution in [-0.2, 0) is 4.74 Å². The fourth-order valence-electron chi connectivity index (χ4n) is 3.50. The van der Waals surface area contributed by atoms with Gasteiger partial charge in [-0.1, -0.05) is 18.2 Å². The molecule has 0 saturated carbocycles. The number of hydrogen-bond donors (Lipinski definition) is 1. The van der Waals surface area contributed by atoms with Crippen molar-refractivity contribution in [2.24, 2.45) is 0 Å². The van der Waals surface area contributed by atoms with E-state index in [-0.39, 0.29) is 40.2 Å². The lowest BCUT2D eigenvalue weighted by Crippen LogP contribution is -2.09. The Morgan fingerprint density at radius 3 is 2.25 bits per heavy atom. The number of esters is 1. The highest BCUT2D eigenvalue weighted by molar-refractivity contribution is 6.09. The Morgan fingerprint density at radius 1 is 1.09 bits per heavy atom. The maximum Gasteiger partial charge on any atom is 0.348 e. The Morgan fingerprint density at radius 2 is 1.69 bits per heavy atom. The first-order valence-corrected chi connectivity index (χ1v) is 9.42. The lowest BCUT2D eigenvalue weighted by Gasteiger charge is -2.10. The monoisotopic (exact) mass is 436 g/mol. The molecule has 4 aromatic rings. The highest BCUT2D eigenvalue weighted by atomic mass is 16.6. The molecule has 12 heteroatoms. The van der Waals surface area contributed by atoms with E-state index in [1.165, 1.54) is 4.57 Å². The molecule has 12 nitrogen and oxygen atoms in total. The third-order valence-corrected chi connectivity index (χ3v) is 4.92. The lowest BCUT2D eigenvalue weighted by atomic mass is 10.2. The second-order valence-electron chi connectivity index (χ2n) is 6.84. The number of ether oxygens (including phenoxy) is 1. The minimum Gasteiger partial charge on any atom is -0.462 e. The van der Waals surface area contributed by atoms with Crippen molar-refractivity contribution in [2.75, 3.05) is 12.3 Å². The van der Waals surface area contributed by atoms with Crippen LogP contribution in [0.3, 0.4) is 0 Å². The average molecular weight is 436 g/mol. The lowest BCUT2D eigenvalue weighted by molar-refractivity contribution is -0.422. The zero-order valence-corrected chi connectivity index (χ0v) is 16.9. The summed E-state index contributed by atoms with van der Waals surface area (Å²) in [5.41, 5.74) is 6.55. The van der Waals surface area contributed by atoms with Crippen molar-refractivity contribution in [3.8, 4) is 5.69 Å². The number of nitrogen functional groups attached to an aromatic ring is 1. The summed E-state index contributed by atoms with van der Waals surface area (Å²) in [7, 11) is 0. The molecule has 0 aliphatic carbocycles. The number of fused-ring (bicyclic) bond motifs is 2. The SMILES string of the molecule is CCOC(=O)c1c(N)n(-c2ccccc2C)c2nc3cc([N+](=O)[O-])c([N+](=O)[O-])cc3nc12. The van der Waals surface area contributed by atoms with Crippen LogP contribution in [0.4, 0.5) is 17.2 Å². The first-order valence-electron chi connectivity index (χ1n) is 9.42. The molecule has 0 aliphatic heterocycles. The minimum atomic E-state index is -0.872. The van der Waals surface area contributed by atoms with Crippen molar-refractivity contribution in [3.05, 3.63) is 67.8 Å². The van der Waals surface area contributed by atoms with Gasteiger partial charge in [-0.25, -0.2) is 14.8 Å². The fourth-order valence-corrected chi connectivity index (χ4v) is 3.50. The number of nitrogens with two attached hydrogens (primary N) is 1. The molecular formula is C20H16N6O6. The van der Waals surface area contributed by atoms with E-state index in [0.29, 0.717) is 5.69 Å². The molecule has 0 saturated heterocycles. The van der Waals surface area contributed by atoms with Crippen LogP contribution in [0, 0.1) is 27.2 Å². The van der Waals surface area contributed by atoms with Crippen molar-refractivity contribution in [3.63, 3.8) is 0 Å². The summed E-state index contributed by atoms with van der Waals surface area (Å²) in [5.74, 6) is -0.709. The Balaban J connectivity index is 2.15. The number of benzene rings is 2. The van der Waals surface area contributed by atoms with E-state index < -0.39 is 27.2 Å². The van der Waals surface area contributed by atoms with Gasteiger partial charge in [0.1, 0.15) is 16.9 Å². The number of aromatic nitrogens is 3. The Hall–Kier alpha value is -4.61. The maximum absolute atomic E-state index is 12.7. The molecule has 2 N–H and O–H groups in total. The maximum atomic E-state index is 12.7. The Bertz CT molecular complexity index is 1440. The van der Waals surface area contributed by atoms with E-state index in [1.807, 2.05) is 19.1 Å². The number of anilines is 1. The van der Waals surface area contributed by atoms with Gasteiger partial charge in [0.15, 0.2) is 5.65 Å². The van der Waals surface area contributed by atoms with E-state index in [1.54, 1.807) is 19.1 Å². The van der Waals surface area contributed by atoms with Crippen LogP contribution in [0.25, 0.3) is 27.9 Å². The average Bonchev–Trinajstić information content (AvgIpc) is 3.02. The number of nitrogens with zero attached hydrogens (tertiary/aromatic N) is 5. The number of carbonyl (C=O) groups is 1. The van der Waals surface area contributed by atoms with Crippen molar-refractivity contribution in [1.82, 2.24) is 14.5 Å². The summed E-state index contributed by atoms with van der Waals surface area (Å²) in [6.45, 7) is 3.57. The molecule has 0 spiro atoms. The molecule has 0 radical (unpaired) electrons. The summed E-state index contributed by atoms with van der Waals surface area (Å²) in [4.78, 5) is 42.5. The largest absolute Gasteiger partial charge is 0.462 e. The fraction of sp³-hybridized carbons (Fsp3) is 0.150. The third-order valence-electron chi connectivity index (χ3n) is 4.92. The molecule has 162 valence electrons. The van der Waals surface area contributed by atoms with E-state index >= 15 is 0 Å². The predicted octanol–water partition coefficient (Wildman–Crippen LogP) is 3.46. The smallest absolute Gasteiger partial charge is 0.348 e. The van der Waals surface area contributed by atoms with Gasteiger partial charge in [-0.15, -0.1) is 0 Å². The first kappa shape index (κ1) is 20.7. The molecule has 0 aliphatic rings. The Kier molecular flexibility index (Phi) is 4.89. The number of para-hydroxylation sites is 1. The van der Waals surface area contributed by atoms with Crippen molar-refractivity contribution in [1.29, 1.82) is 0 Å². The van der Waals surface area contributed by atoms with Crippen LogP contribution in [0.1, 0.15) is 22.8 Å². The summed E-state index contributed by atoms with van der Waals surface area (Å²) >= 11 is 0. The zero-order chi connectivity index (χ0) is 23.2. The van der Waals surface area contributed by atoms with Gasteiger partial charge in [-0.2, -0.15) is 0 Å². The van der Waals surface area contributed by atoms with Crippen molar-refractivity contribution in [2.45, 2.75) is 13.8 Å². The molecule has 0 fully saturated rings. The molecular weight excluding hydrogens is 420 g/mol. The van der Waals surface area contributed by atoms with Crippen LogP contribution in [-0.4, -0.2) is 37.0 Å². The van der Waals surface area contributed by atoms with E-state index in [4.69, 9.17) is 10.5 Å². The number of nitro groups is 2. The summed E-state index contributed by atoms with van der Waals surface area (Å²) in [6.07, 6.45) is 0. The van der Waals surface area contributed by atoms with Crippen LogP contribution >= 0.6 is 0 Å². The number of rotatable bonds is 5. The highest BCUT2D eigenvalue weighted by Crippen LogP contribution is 2.35. The second-order valence-corrected chi connectivity index (χ2v) is 6.84. The van der Waals surface area contributed by atoms with Gasteiger partial charge in [0.05, 0.1) is 45.3 Å². The number of carbonyl (C=O) groups excluding carboxylic acids is 1. The van der Waals surface area contributed by atoms with Gasteiger partial charge in [0.2, 0.25) is 0 Å². The summed E-state index contributed by atoms with van der Waals surface area (Å²) in [5, 5.41) is 22.7. The Labute approximate surface area is 179 Å². The van der Waals surface area contributed by atoms with Gasteiger partial charge in [0.25, 0.3) is 0 Å². The zero-order valence-electron chi connectivity index (χ0n) is 16.9. The quantitative estimate of drug-likeness (QED) is 0.279. The van der Waals surface area contributed by atoms with Gasteiger partial charge in [-0.3, -0.25) is 24.8 Å². The third kappa shape index (κ3) is 3.14.